The zero-order valence-corrected chi connectivity index (χ0v) is 18.8. The first-order valence-electron chi connectivity index (χ1n) is 9.93. The minimum absolute atomic E-state index is 0.195. The van der Waals surface area contributed by atoms with Gasteiger partial charge in [-0.3, -0.25) is 4.79 Å². The number of carbonyl (C=O) groups excluding carboxylic acids is 1. The van der Waals surface area contributed by atoms with E-state index in [4.69, 9.17) is 28.3 Å². The zero-order chi connectivity index (χ0) is 22.0. The number of nitrogens with one attached hydrogen (secondary N) is 1. The molecule has 1 N–H and O–H groups in total. The van der Waals surface area contributed by atoms with Crippen LogP contribution < -0.4 is 5.32 Å². The number of aromatic nitrogens is 3. The predicted molar refractivity (Wildman–Crippen MR) is 125 cm³/mol. The maximum atomic E-state index is 13.1. The largest absolute Gasteiger partial charge is 0.350 e. The highest BCUT2D eigenvalue weighted by molar-refractivity contribution is 6.35. The summed E-state index contributed by atoms with van der Waals surface area (Å²) in [7, 11) is 1.95. The van der Waals surface area contributed by atoms with Crippen molar-refractivity contribution in [1.82, 2.24) is 19.7 Å². The molecule has 5 nitrogen and oxygen atoms in total. The first-order valence-corrected chi connectivity index (χ1v) is 10.7. The number of carbonyl (C=O) groups is 1. The highest BCUT2D eigenvalue weighted by atomic mass is 35.5. The summed E-state index contributed by atoms with van der Waals surface area (Å²) in [6.07, 6.45) is 2.56. The molecule has 0 fully saturated rings. The fourth-order valence-corrected chi connectivity index (χ4v) is 3.98. The van der Waals surface area contributed by atoms with E-state index in [2.05, 4.69) is 5.32 Å². The molecule has 7 heteroatoms. The van der Waals surface area contributed by atoms with Crippen LogP contribution >= 0.6 is 23.2 Å². The van der Waals surface area contributed by atoms with Crippen molar-refractivity contribution in [2.45, 2.75) is 13.3 Å². The number of hydrogen-bond acceptors (Lipinski definition) is 2. The Kier molecular flexibility index (Phi) is 6.16. The SMILES string of the molecule is Cc1cccc(-n2nc(-c3cccn3C)cc2C(=O)NCCc2ccc(Cl)cc2Cl)c1. The summed E-state index contributed by atoms with van der Waals surface area (Å²) in [5.74, 6) is -0.195. The van der Waals surface area contributed by atoms with Gasteiger partial charge in [0, 0.05) is 29.8 Å². The van der Waals surface area contributed by atoms with E-state index in [-0.39, 0.29) is 5.91 Å². The molecule has 0 saturated heterocycles. The molecular weight excluding hydrogens is 431 g/mol. The van der Waals surface area contributed by atoms with Crippen molar-refractivity contribution in [2.24, 2.45) is 7.05 Å². The molecule has 0 unspecified atom stereocenters. The minimum atomic E-state index is -0.195. The second kappa shape index (κ2) is 9.00. The van der Waals surface area contributed by atoms with Crippen LogP contribution in [0.25, 0.3) is 17.1 Å². The summed E-state index contributed by atoms with van der Waals surface area (Å²) >= 11 is 12.2. The summed E-state index contributed by atoms with van der Waals surface area (Å²) in [5, 5.41) is 8.91. The molecule has 158 valence electrons. The van der Waals surface area contributed by atoms with Crippen LogP contribution in [0.3, 0.4) is 0 Å². The van der Waals surface area contributed by atoms with Crippen LogP contribution in [-0.4, -0.2) is 26.8 Å². The Morgan fingerprint density at radius 3 is 2.61 bits per heavy atom. The van der Waals surface area contributed by atoms with Crippen LogP contribution in [0.15, 0.2) is 66.9 Å². The molecule has 0 aliphatic heterocycles. The van der Waals surface area contributed by atoms with Crippen molar-refractivity contribution in [3.63, 3.8) is 0 Å². The second-order valence-electron chi connectivity index (χ2n) is 7.41. The molecule has 0 saturated carbocycles. The van der Waals surface area contributed by atoms with Gasteiger partial charge in [0.05, 0.1) is 11.4 Å². The number of aryl methyl sites for hydroxylation is 2. The van der Waals surface area contributed by atoms with E-state index in [0.717, 1.165) is 28.2 Å². The molecule has 0 aliphatic carbocycles. The Labute approximate surface area is 191 Å². The van der Waals surface area contributed by atoms with E-state index < -0.39 is 0 Å². The molecule has 2 aromatic heterocycles. The van der Waals surface area contributed by atoms with Crippen LogP contribution in [0.2, 0.25) is 10.0 Å². The van der Waals surface area contributed by atoms with Crippen LogP contribution in [-0.2, 0) is 13.5 Å². The molecule has 31 heavy (non-hydrogen) atoms. The molecule has 1 amide bonds. The van der Waals surface area contributed by atoms with Gasteiger partial charge in [-0.1, -0.05) is 41.4 Å². The standard InChI is InChI=1S/C24H22Cl2N4O/c1-16-5-3-6-19(13-16)30-23(15-21(28-30)22-7-4-12-29(22)2)24(31)27-11-10-17-8-9-18(25)14-20(17)26/h3-9,12-15H,10-11H2,1-2H3,(H,27,31). The summed E-state index contributed by atoms with van der Waals surface area (Å²) < 4.78 is 3.67. The molecular formula is C24H22Cl2N4O. The number of hydrogen-bond donors (Lipinski definition) is 1. The lowest BCUT2D eigenvalue weighted by Crippen LogP contribution is -2.28. The first kappa shape index (κ1) is 21.2. The summed E-state index contributed by atoms with van der Waals surface area (Å²) in [6, 6.07) is 19.1. The first-order chi connectivity index (χ1) is 14.9. The molecule has 2 aromatic carbocycles. The maximum absolute atomic E-state index is 13.1. The number of nitrogens with zero attached hydrogens (tertiary/aromatic N) is 3. The number of amides is 1. The van der Waals surface area contributed by atoms with Crippen LogP contribution in [0, 0.1) is 6.92 Å². The van der Waals surface area contributed by atoms with Gasteiger partial charge in [0.2, 0.25) is 0 Å². The minimum Gasteiger partial charge on any atom is -0.350 e. The third kappa shape index (κ3) is 4.68. The van der Waals surface area contributed by atoms with Crippen molar-refractivity contribution < 1.29 is 4.79 Å². The lowest BCUT2D eigenvalue weighted by molar-refractivity contribution is 0.0946. The smallest absolute Gasteiger partial charge is 0.270 e. The maximum Gasteiger partial charge on any atom is 0.270 e. The van der Waals surface area contributed by atoms with E-state index in [1.54, 1.807) is 16.8 Å². The van der Waals surface area contributed by atoms with Gasteiger partial charge in [-0.2, -0.15) is 5.10 Å². The normalized spacial score (nSPS) is 11.0. The topological polar surface area (TPSA) is 51.9 Å². The highest BCUT2D eigenvalue weighted by Gasteiger charge is 2.18. The van der Waals surface area contributed by atoms with Gasteiger partial charge in [0.25, 0.3) is 5.91 Å². The number of benzene rings is 2. The monoisotopic (exact) mass is 452 g/mol. The second-order valence-corrected chi connectivity index (χ2v) is 8.26. The van der Waals surface area contributed by atoms with E-state index in [1.165, 1.54) is 0 Å². The molecule has 0 spiro atoms. The molecule has 0 aliphatic rings. The van der Waals surface area contributed by atoms with Gasteiger partial charge >= 0.3 is 0 Å². The predicted octanol–water partition coefficient (Wildman–Crippen LogP) is 5.47. The Morgan fingerprint density at radius 1 is 1.06 bits per heavy atom. The molecule has 4 aromatic rings. The van der Waals surface area contributed by atoms with Gasteiger partial charge in [-0.05, 0) is 66.9 Å². The fraction of sp³-hybridized carbons (Fsp3) is 0.167. The summed E-state index contributed by atoms with van der Waals surface area (Å²) in [4.78, 5) is 13.1. The van der Waals surface area contributed by atoms with Crippen LogP contribution in [0.4, 0.5) is 0 Å². The average Bonchev–Trinajstić information content (AvgIpc) is 3.36. The van der Waals surface area contributed by atoms with Gasteiger partial charge in [0.15, 0.2) is 0 Å². The number of halogens is 2. The van der Waals surface area contributed by atoms with Gasteiger partial charge in [-0.25, -0.2) is 4.68 Å². The lowest BCUT2D eigenvalue weighted by atomic mass is 10.1. The van der Waals surface area contributed by atoms with Crippen LogP contribution in [0.1, 0.15) is 21.6 Å². The van der Waals surface area contributed by atoms with E-state index in [1.807, 2.05) is 73.3 Å². The molecule has 0 bridgehead atoms. The van der Waals surface area contributed by atoms with Gasteiger partial charge < -0.3 is 9.88 Å². The Hall–Kier alpha value is -3.02. The number of rotatable bonds is 6. The van der Waals surface area contributed by atoms with E-state index >= 15 is 0 Å². The lowest BCUT2D eigenvalue weighted by Gasteiger charge is -2.10. The molecule has 0 radical (unpaired) electrons. The summed E-state index contributed by atoms with van der Waals surface area (Å²) in [5.41, 5.74) is 5.02. The van der Waals surface area contributed by atoms with Crippen molar-refractivity contribution in [2.75, 3.05) is 6.54 Å². The molecule has 0 atom stereocenters. The van der Waals surface area contributed by atoms with E-state index in [0.29, 0.717) is 28.7 Å². The zero-order valence-electron chi connectivity index (χ0n) is 17.3. The Balaban J connectivity index is 1.60. The third-order valence-corrected chi connectivity index (χ3v) is 5.68. The quantitative estimate of drug-likeness (QED) is 0.421. The van der Waals surface area contributed by atoms with Gasteiger partial charge in [0.1, 0.15) is 11.4 Å². The van der Waals surface area contributed by atoms with Crippen LogP contribution in [0.5, 0.6) is 0 Å². The van der Waals surface area contributed by atoms with Crippen molar-refractivity contribution in [3.8, 4) is 17.1 Å². The Bertz CT molecular complexity index is 1240. The third-order valence-electron chi connectivity index (χ3n) is 5.09. The van der Waals surface area contributed by atoms with Gasteiger partial charge in [-0.15, -0.1) is 0 Å². The summed E-state index contributed by atoms with van der Waals surface area (Å²) in [6.45, 7) is 2.46. The fourth-order valence-electron chi connectivity index (χ4n) is 3.48. The van der Waals surface area contributed by atoms with Crippen molar-refractivity contribution in [3.05, 3.63) is 93.7 Å². The average molecular weight is 453 g/mol. The van der Waals surface area contributed by atoms with Crippen molar-refractivity contribution in [1.29, 1.82) is 0 Å². The van der Waals surface area contributed by atoms with E-state index in [9.17, 15) is 4.79 Å². The highest BCUT2D eigenvalue weighted by Crippen LogP contribution is 2.23. The molecule has 2 heterocycles. The Morgan fingerprint density at radius 2 is 1.90 bits per heavy atom. The van der Waals surface area contributed by atoms with Crippen molar-refractivity contribution >= 4 is 29.1 Å². The molecule has 4 rings (SSSR count).